The van der Waals surface area contributed by atoms with E-state index in [-0.39, 0.29) is 6.61 Å². The molecule has 0 fully saturated rings. The lowest BCUT2D eigenvalue weighted by molar-refractivity contribution is 0.294. The van der Waals surface area contributed by atoms with Crippen molar-refractivity contribution in [2.45, 2.75) is 20.8 Å². The van der Waals surface area contributed by atoms with E-state index in [9.17, 15) is 0 Å². The summed E-state index contributed by atoms with van der Waals surface area (Å²) in [5, 5.41) is 11.9. The van der Waals surface area contributed by atoms with Crippen LogP contribution in [0.5, 0.6) is 0 Å². The Morgan fingerprint density at radius 3 is 3.00 bits per heavy atom. The topological polar surface area (TPSA) is 57.5 Å². The van der Waals surface area contributed by atoms with Crippen molar-refractivity contribution in [1.82, 2.24) is 10.3 Å². The van der Waals surface area contributed by atoms with Crippen LogP contribution >= 0.6 is 11.3 Å². The average Bonchev–Trinajstić information content (AvgIpc) is 2.91. The predicted octanol–water partition coefficient (Wildman–Crippen LogP) is 2.90. The van der Waals surface area contributed by atoms with Crippen LogP contribution in [0.2, 0.25) is 0 Å². The number of aromatic nitrogens is 1. The van der Waals surface area contributed by atoms with Crippen molar-refractivity contribution >= 4 is 27.3 Å². The zero-order valence-electron chi connectivity index (χ0n) is 12.7. The standard InChI is InChI=1S/C16H21N3OS/c1-11(9-17-6-7-20)10-19-13(3)15-8-14-16(21-15)12(2)4-5-18-14/h4-5,8,10,17,20H,6-7,9H2,1-3H3/b11-10+,19-13?. The van der Waals surface area contributed by atoms with Crippen molar-refractivity contribution in [2.75, 3.05) is 19.7 Å². The lowest BCUT2D eigenvalue weighted by Crippen LogP contribution is -2.19. The molecule has 0 aromatic carbocycles. The summed E-state index contributed by atoms with van der Waals surface area (Å²) in [4.78, 5) is 10.1. The number of rotatable bonds is 6. The lowest BCUT2D eigenvalue weighted by atomic mass is 10.2. The number of thiophene rings is 1. The molecule has 2 heterocycles. The molecular weight excluding hydrogens is 282 g/mol. The number of aryl methyl sites for hydroxylation is 1. The third-order valence-corrected chi connectivity index (χ3v) is 4.50. The second-order valence-corrected chi connectivity index (χ2v) is 6.10. The van der Waals surface area contributed by atoms with Gasteiger partial charge in [0.2, 0.25) is 0 Å². The predicted molar refractivity (Wildman–Crippen MR) is 90.3 cm³/mol. The average molecular weight is 303 g/mol. The summed E-state index contributed by atoms with van der Waals surface area (Å²) in [7, 11) is 0. The highest BCUT2D eigenvalue weighted by Crippen LogP contribution is 2.27. The van der Waals surface area contributed by atoms with Gasteiger partial charge in [0.25, 0.3) is 0 Å². The summed E-state index contributed by atoms with van der Waals surface area (Å²) in [6.45, 7) is 7.65. The molecule has 0 amide bonds. The summed E-state index contributed by atoms with van der Waals surface area (Å²) >= 11 is 1.73. The van der Waals surface area contributed by atoms with Gasteiger partial charge in [0.1, 0.15) is 0 Å². The van der Waals surface area contributed by atoms with Gasteiger partial charge in [-0.25, -0.2) is 0 Å². The Kier molecular flexibility index (Phi) is 5.61. The lowest BCUT2D eigenvalue weighted by Gasteiger charge is -2.01. The fourth-order valence-electron chi connectivity index (χ4n) is 1.92. The summed E-state index contributed by atoms with van der Waals surface area (Å²) in [6, 6.07) is 4.13. The number of aliphatic hydroxyl groups excluding tert-OH is 1. The van der Waals surface area contributed by atoms with Gasteiger partial charge in [0.05, 0.1) is 27.4 Å². The van der Waals surface area contributed by atoms with E-state index in [2.05, 4.69) is 28.3 Å². The maximum atomic E-state index is 8.72. The number of hydrogen-bond acceptors (Lipinski definition) is 5. The number of aliphatic hydroxyl groups is 1. The summed E-state index contributed by atoms with van der Waals surface area (Å²) in [6.07, 6.45) is 3.72. The minimum Gasteiger partial charge on any atom is -0.395 e. The quantitative estimate of drug-likeness (QED) is 0.637. The van der Waals surface area contributed by atoms with Crippen molar-refractivity contribution in [3.8, 4) is 0 Å². The molecule has 0 saturated carbocycles. The van der Waals surface area contributed by atoms with Crippen molar-refractivity contribution in [3.63, 3.8) is 0 Å². The van der Waals surface area contributed by atoms with E-state index in [1.165, 1.54) is 10.3 Å². The highest BCUT2D eigenvalue weighted by atomic mass is 32.1. The van der Waals surface area contributed by atoms with Crippen LogP contribution in [0.1, 0.15) is 24.3 Å². The number of aliphatic imine (C=N–C) groups is 1. The number of fused-ring (bicyclic) bond motifs is 1. The van der Waals surface area contributed by atoms with Crippen LogP contribution in [0.4, 0.5) is 0 Å². The Balaban J connectivity index is 2.14. The molecule has 0 aliphatic rings. The van der Waals surface area contributed by atoms with Gasteiger partial charge in [0, 0.05) is 25.5 Å². The fourth-order valence-corrected chi connectivity index (χ4v) is 2.96. The normalized spacial score (nSPS) is 13.1. The highest BCUT2D eigenvalue weighted by Gasteiger charge is 2.06. The van der Waals surface area contributed by atoms with Crippen molar-refractivity contribution in [3.05, 3.63) is 40.5 Å². The molecule has 112 valence electrons. The van der Waals surface area contributed by atoms with Gasteiger partial charge in [-0.05, 0) is 44.0 Å². The van der Waals surface area contributed by atoms with Crippen LogP contribution < -0.4 is 5.32 Å². The molecule has 0 atom stereocenters. The summed E-state index contributed by atoms with van der Waals surface area (Å²) in [5.74, 6) is 0. The molecule has 2 aromatic heterocycles. The molecule has 0 aliphatic carbocycles. The van der Waals surface area contributed by atoms with Gasteiger partial charge in [0.15, 0.2) is 0 Å². The zero-order valence-corrected chi connectivity index (χ0v) is 13.5. The first-order valence-electron chi connectivity index (χ1n) is 6.99. The fraction of sp³-hybridized carbons (Fsp3) is 0.375. The largest absolute Gasteiger partial charge is 0.395 e. The van der Waals surface area contributed by atoms with Gasteiger partial charge in [-0.15, -0.1) is 11.3 Å². The number of hydrogen-bond donors (Lipinski definition) is 2. The van der Waals surface area contributed by atoms with Gasteiger partial charge >= 0.3 is 0 Å². The van der Waals surface area contributed by atoms with E-state index in [4.69, 9.17) is 5.11 Å². The molecule has 0 spiro atoms. The number of nitrogens with zero attached hydrogens (tertiary/aromatic N) is 2. The first kappa shape index (κ1) is 15.8. The van der Waals surface area contributed by atoms with Gasteiger partial charge in [-0.3, -0.25) is 9.98 Å². The van der Waals surface area contributed by atoms with E-state index in [0.29, 0.717) is 6.54 Å². The van der Waals surface area contributed by atoms with Crippen molar-refractivity contribution < 1.29 is 5.11 Å². The van der Waals surface area contributed by atoms with Gasteiger partial charge < -0.3 is 10.4 Å². The molecular formula is C16H21N3OS. The Hall–Kier alpha value is -1.56. The van der Waals surface area contributed by atoms with Crippen molar-refractivity contribution in [1.29, 1.82) is 0 Å². The Bertz CT molecular complexity index is 673. The van der Waals surface area contributed by atoms with Gasteiger partial charge in [-0.1, -0.05) is 0 Å². The van der Waals surface area contributed by atoms with Crippen LogP contribution in [0.25, 0.3) is 10.2 Å². The minimum absolute atomic E-state index is 0.156. The minimum atomic E-state index is 0.156. The Morgan fingerprint density at radius 2 is 2.29 bits per heavy atom. The first-order valence-corrected chi connectivity index (χ1v) is 7.80. The second kappa shape index (κ2) is 7.45. The van der Waals surface area contributed by atoms with Gasteiger partial charge in [-0.2, -0.15) is 0 Å². The summed E-state index contributed by atoms with van der Waals surface area (Å²) < 4.78 is 1.23. The molecule has 2 N–H and O–H groups in total. The molecule has 4 nitrogen and oxygen atoms in total. The monoisotopic (exact) mass is 303 g/mol. The van der Waals surface area contributed by atoms with Crippen LogP contribution in [-0.2, 0) is 0 Å². The molecule has 2 aromatic rings. The first-order chi connectivity index (χ1) is 10.1. The molecule has 0 saturated heterocycles. The van der Waals surface area contributed by atoms with Crippen LogP contribution in [-0.4, -0.2) is 35.5 Å². The zero-order chi connectivity index (χ0) is 15.2. The van der Waals surface area contributed by atoms with E-state index >= 15 is 0 Å². The Morgan fingerprint density at radius 1 is 1.48 bits per heavy atom. The Labute approximate surface area is 129 Å². The van der Waals surface area contributed by atoms with E-state index in [0.717, 1.165) is 28.2 Å². The SMILES string of the molecule is CC(=N/C=C(\C)CNCCO)c1cc2nccc(C)c2s1. The van der Waals surface area contributed by atoms with E-state index in [1.807, 2.05) is 32.3 Å². The van der Waals surface area contributed by atoms with Crippen LogP contribution in [0.3, 0.4) is 0 Å². The van der Waals surface area contributed by atoms with Crippen LogP contribution in [0.15, 0.2) is 35.1 Å². The van der Waals surface area contributed by atoms with E-state index in [1.54, 1.807) is 11.3 Å². The maximum Gasteiger partial charge on any atom is 0.0819 e. The van der Waals surface area contributed by atoms with Crippen molar-refractivity contribution in [2.24, 2.45) is 4.99 Å². The molecule has 0 bridgehead atoms. The molecule has 5 heteroatoms. The van der Waals surface area contributed by atoms with E-state index < -0.39 is 0 Å². The molecule has 21 heavy (non-hydrogen) atoms. The molecule has 0 aliphatic heterocycles. The number of nitrogens with one attached hydrogen (secondary N) is 1. The third-order valence-electron chi connectivity index (χ3n) is 3.14. The number of pyridine rings is 1. The smallest absolute Gasteiger partial charge is 0.0819 e. The second-order valence-electron chi connectivity index (χ2n) is 5.04. The van der Waals surface area contributed by atoms with Crippen LogP contribution in [0, 0.1) is 6.92 Å². The third kappa shape index (κ3) is 4.20. The maximum absolute atomic E-state index is 8.72. The molecule has 2 rings (SSSR count). The summed E-state index contributed by atoms with van der Waals surface area (Å²) in [5.41, 5.74) is 4.43. The highest BCUT2D eigenvalue weighted by molar-refractivity contribution is 7.21. The molecule has 0 unspecified atom stereocenters. The molecule has 0 radical (unpaired) electrons.